The molecule has 0 saturated carbocycles. The Morgan fingerprint density at radius 1 is 1.44 bits per heavy atom. The molecule has 0 bridgehead atoms. The van der Waals surface area contributed by atoms with Gasteiger partial charge >= 0.3 is 0 Å². The highest BCUT2D eigenvalue weighted by Crippen LogP contribution is 2.20. The van der Waals surface area contributed by atoms with Crippen LogP contribution in [0.5, 0.6) is 0 Å². The molecule has 0 aromatic carbocycles. The zero-order valence-corrected chi connectivity index (χ0v) is 5.65. The third-order valence-corrected chi connectivity index (χ3v) is 1.85. The molecule has 0 aromatic rings. The van der Waals surface area contributed by atoms with E-state index in [0.29, 0.717) is 13.2 Å². The molecule has 0 radical (unpaired) electrons. The molecule has 3 heteroatoms. The van der Waals surface area contributed by atoms with Crippen molar-refractivity contribution in [2.24, 2.45) is 0 Å². The quantitative estimate of drug-likeness (QED) is 0.395. The Bertz CT molecular complexity index is 223. The summed E-state index contributed by atoms with van der Waals surface area (Å²) in [5.74, 6) is 1.66. The molecule has 2 aliphatic rings. The van der Waals surface area contributed by atoms with Gasteiger partial charge in [0.1, 0.15) is 13.2 Å². The molecule has 0 atom stereocenters. The summed E-state index contributed by atoms with van der Waals surface area (Å²) in [5, 5.41) is 4.96. The van der Waals surface area contributed by atoms with E-state index in [0.717, 1.165) is 22.9 Å². The van der Waals surface area contributed by atoms with Gasteiger partial charge in [0.15, 0.2) is 5.76 Å². The molecule has 9 heavy (non-hydrogen) atoms. The van der Waals surface area contributed by atoms with Gasteiger partial charge in [-0.2, -0.15) is 0 Å². The van der Waals surface area contributed by atoms with E-state index >= 15 is 0 Å². The van der Waals surface area contributed by atoms with Gasteiger partial charge in [0.05, 0.1) is 0 Å². The zero-order valence-electron chi connectivity index (χ0n) is 4.76. The molecule has 0 unspecified atom stereocenters. The fourth-order valence-corrected chi connectivity index (χ4v) is 1.43. The third-order valence-electron chi connectivity index (χ3n) is 1.16. The maximum atomic E-state index is 5.23. The lowest BCUT2D eigenvalue weighted by Gasteiger charge is -2.16. The Kier molecular flexibility index (Phi) is 1.11. The van der Waals surface area contributed by atoms with Crippen LogP contribution in [0.2, 0.25) is 0 Å². The molecule has 0 aromatic heterocycles. The van der Waals surface area contributed by atoms with E-state index in [1.165, 1.54) is 0 Å². The second-order valence-electron chi connectivity index (χ2n) is 1.76. The van der Waals surface area contributed by atoms with Crippen molar-refractivity contribution in [3.8, 4) is 0 Å². The molecule has 2 heterocycles. The lowest BCUT2D eigenvalue weighted by atomic mass is 10.4. The molecule has 1 fully saturated rings. The second kappa shape index (κ2) is 1.94. The maximum Gasteiger partial charge on any atom is 0.211 e. The van der Waals surface area contributed by atoms with Crippen molar-refractivity contribution in [2.75, 3.05) is 13.2 Å². The van der Waals surface area contributed by atoms with E-state index in [9.17, 15) is 0 Å². The minimum Gasteiger partial charge on any atom is -0.485 e. The molecule has 0 amide bonds. The molecule has 2 rings (SSSR count). The Balaban J connectivity index is 2.30. The molecule has 1 saturated heterocycles. The van der Waals surface area contributed by atoms with Gasteiger partial charge in [0, 0.05) is 5.41 Å². The average molecular weight is 142 g/mol. The molecule has 48 valence electrons. The van der Waals surface area contributed by atoms with Crippen LogP contribution >= 0.6 is 11.4 Å². The van der Waals surface area contributed by atoms with Gasteiger partial charge in [-0.1, -0.05) is 0 Å². The van der Waals surface area contributed by atoms with Gasteiger partial charge in [-0.15, -0.1) is 11.4 Å². The number of hydrogen-bond donors (Lipinski definition) is 1. The topological polar surface area (TPSA) is 18.5 Å². The van der Waals surface area contributed by atoms with Crippen molar-refractivity contribution < 1.29 is 9.47 Å². The van der Waals surface area contributed by atoms with Crippen LogP contribution in [0.1, 0.15) is 0 Å². The highest BCUT2D eigenvalue weighted by atomic mass is 32.1. The number of hydrogen-bond acceptors (Lipinski definition) is 2. The Morgan fingerprint density at radius 2 is 2.33 bits per heavy atom. The van der Waals surface area contributed by atoms with Crippen LogP contribution in [0.15, 0.2) is 16.9 Å². The SMILES string of the molecule is C1=[SH]C=C2OCCOC=12. The Labute approximate surface area is 56.7 Å². The van der Waals surface area contributed by atoms with Gasteiger partial charge in [0.25, 0.3) is 0 Å². The van der Waals surface area contributed by atoms with Crippen LogP contribution < -0.4 is 0 Å². The predicted molar refractivity (Wildman–Crippen MR) is 37.5 cm³/mol. The lowest BCUT2D eigenvalue weighted by Crippen LogP contribution is -2.12. The first kappa shape index (κ1) is 5.15. The van der Waals surface area contributed by atoms with Crippen LogP contribution in [0.3, 0.4) is 0 Å². The zero-order chi connectivity index (χ0) is 6.10. The van der Waals surface area contributed by atoms with Crippen molar-refractivity contribution in [1.82, 2.24) is 0 Å². The highest BCUT2D eigenvalue weighted by molar-refractivity contribution is 8.00. The van der Waals surface area contributed by atoms with Crippen LogP contribution in [0.25, 0.3) is 0 Å². The lowest BCUT2D eigenvalue weighted by molar-refractivity contribution is 0.0640. The summed E-state index contributed by atoms with van der Waals surface area (Å²) < 4.78 is 10.4. The summed E-state index contributed by atoms with van der Waals surface area (Å²) in [4.78, 5) is 0. The standard InChI is InChI=1S/C6H6O2S/c1-2-8-6-4-9-3-5(6)7-1/h3,9H,1-2H2. The van der Waals surface area contributed by atoms with E-state index in [2.05, 4.69) is 5.02 Å². The number of rotatable bonds is 0. The molecular weight excluding hydrogens is 136 g/mol. The normalized spacial score (nSPS) is 22.2. The van der Waals surface area contributed by atoms with Crippen molar-refractivity contribution in [3.05, 3.63) is 16.9 Å². The van der Waals surface area contributed by atoms with E-state index in [4.69, 9.17) is 9.47 Å². The molecule has 0 N–H and O–H groups in total. The average Bonchev–Trinajstić information content (AvgIpc) is 2.33. The Hall–Kier alpha value is -0.660. The molecule has 2 aliphatic heterocycles. The first-order valence-electron chi connectivity index (χ1n) is 2.76. The van der Waals surface area contributed by atoms with Crippen LogP contribution in [0, 0.1) is 0 Å². The van der Waals surface area contributed by atoms with Crippen molar-refractivity contribution in [2.45, 2.75) is 0 Å². The van der Waals surface area contributed by atoms with Crippen molar-refractivity contribution >= 4 is 16.4 Å². The number of thiol groups is 1. The van der Waals surface area contributed by atoms with Crippen LogP contribution in [-0.4, -0.2) is 18.2 Å². The van der Waals surface area contributed by atoms with Gasteiger partial charge in [-0.25, -0.2) is 0 Å². The van der Waals surface area contributed by atoms with Gasteiger partial charge in [0.2, 0.25) is 5.76 Å². The summed E-state index contributed by atoms with van der Waals surface area (Å²) in [6, 6.07) is 0. The number of fused-ring (bicyclic) bond motifs is 1. The summed E-state index contributed by atoms with van der Waals surface area (Å²) in [6.45, 7) is 1.34. The second-order valence-corrected chi connectivity index (χ2v) is 2.50. The summed E-state index contributed by atoms with van der Waals surface area (Å²) in [7, 11) is 0. The van der Waals surface area contributed by atoms with Crippen LogP contribution in [-0.2, 0) is 9.47 Å². The summed E-state index contributed by atoms with van der Waals surface area (Å²) >= 11 is 1.05. The van der Waals surface area contributed by atoms with Crippen molar-refractivity contribution in [3.63, 3.8) is 0 Å². The molecule has 2 nitrogen and oxygen atoms in total. The smallest absolute Gasteiger partial charge is 0.211 e. The molecule has 0 aliphatic carbocycles. The van der Waals surface area contributed by atoms with E-state index in [1.54, 1.807) is 0 Å². The van der Waals surface area contributed by atoms with Crippen molar-refractivity contribution in [1.29, 1.82) is 0 Å². The first-order valence-corrected chi connectivity index (χ1v) is 3.72. The highest BCUT2D eigenvalue weighted by Gasteiger charge is 2.14. The first-order chi connectivity index (χ1) is 4.47. The minimum absolute atomic E-state index is 0.662. The third kappa shape index (κ3) is 0.784. The van der Waals surface area contributed by atoms with E-state index < -0.39 is 0 Å². The Morgan fingerprint density at radius 3 is 3.22 bits per heavy atom. The largest absolute Gasteiger partial charge is 0.485 e. The fourth-order valence-electron chi connectivity index (χ4n) is 0.765. The van der Waals surface area contributed by atoms with Crippen LogP contribution in [0.4, 0.5) is 0 Å². The van der Waals surface area contributed by atoms with Gasteiger partial charge in [-0.05, 0) is 5.02 Å². The summed E-state index contributed by atoms with van der Waals surface area (Å²) in [6.07, 6.45) is 0. The maximum absolute atomic E-state index is 5.23. The molecule has 0 spiro atoms. The fraction of sp³-hybridized carbons (Fsp3) is 0.333. The van der Waals surface area contributed by atoms with E-state index in [-0.39, 0.29) is 0 Å². The monoisotopic (exact) mass is 142 g/mol. The minimum atomic E-state index is 0.662. The number of ether oxygens (including phenoxy) is 2. The van der Waals surface area contributed by atoms with Gasteiger partial charge in [-0.3, -0.25) is 0 Å². The summed E-state index contributed by atoms with van der Waals surface area (Å²) in [5.41, 5.74) is 0. The van der Waals surface area contributed by atoms with E-state index in [1.807, 2.05) is 5.41 Å². The predicted octanol–water partition coefficient (Wildman–Crippen LogP) is 0.639. The van der Waals surface area contributed by atoms with Gasteiger partial charge < -0.3 is 9.47 Å². The molecular formula is C6H6O2S.